The lowest BCUT2D eigenvalue weighted by atomic mass is 9.89. The number of aromatic nitrogens is 5. The van der Waals surface area contributed by atoms with Crippen molar-refractivity contribution in [1.82, 2.24) is 28.4 Å². The fraction of sp³-hybridized carbons (Fsp3) is 0.568. The van der Waals surface area contributed by atoms with Gasteiger partial charge in [0.1, 0.15) is 11.6 Å². The Morgan fingerprint density at radius 3 is 1.65 bits per heavy atom. The van der Waals surface area contributed by atoms with Crippen LogP contribution in [0.5, 0.6) is 0 Å². The van der Waals surface area contributed by atoms with Gasteiger partial charge in [0.15, 0.2) is 0 Å². The molecule has 5 heterocycles. The summed E-state index contributed by atoms with van der Waals surface area (Å²) in [4.78, 5) is 22.3. The lowest BCUT2D eigenvalue weighted by Crippen LogP contribution is -2.29. The Labute approximate surface area is 359 Å². The molecule has 13 nitrogen and oxygen atoms in total. The van der Waals surface area contributed by atoms with Crippen molar-refractivity contribution >= 4 is 57.7 Å². The molecule has 0 unspecified atom stereocenters. The Hall–Kier alpha value is -3.76. The lowest BCUT2D eigenvalue weighted by Gasteiger charge is -2.28. The van der Waals surface area contributed by atoms with E-state index in [1.54, 1.807) is 24.3 Å². The molecule has 0 aliphatic carbocycles. The number of amides is 1. The van der Waals surface area contributed by atoms with E-state index in [4.69, 9.17) is 30.1 Å². The number of nitrogens with zero attached hydrogens (tertiary/aromatic N) is 5. The number of carbonyl (C=O) groups is 1. The Morgan fingerprint density at radius 1 is 0.767 bits per heavy atom. The van der Waals surface area contributed by atoms with E-state index in [0.29, 0.717) is 28.4 Å². The van der Waals surface area contributed by atoms with E-state index in [1.807, 2.05) is 26.0 Å². The van der Waals surface area contributed by atoms with Gasteiger partial charge in [-0.25, -0.2) is 30.8 Å². The van der Waals surface area contributed by atoms with E-state index >= 15 is 0 Å². The summed E-state index contributed by atoms with van der Waals surface area (Å²) in [7, 11) is -2.13. The number of benzene rings is 2. The summed E-state index contributed by atoms with van der Waals surface area (Å²) in [6, 6.07) is 11.6. The average molecular weight is 886 g/mol. The highest BCUT2D eigenvalue weighted by atomic mass is 35.7. The molecule has 7 rings (SSSR count). The van der Waals surface area contributed by atoms with Crippen LogP contribution in [0, 0.1) is 11.8 Å². The molecular weight excluding hydrogens is 824 g/mol. The largest absolute Gasteiger partial charge is 0.381 e. The third-order valence-corrected chi connectivity index (χ3v) is 15.2. The van der Waals surface area contributed by atoms with Gasteiger partial charge < -0.3 is 23.9 Å². The maximum atomic E-state index is 13.4. The smallest absolute Gasteiger partial charge is 0.267 e. The van der Waals surface area contributed by atoms with Crippen LogP contribution in [0.4, 0.5) is 0 Å². The van der Waals surface area contributed by atoms with Gasteiger partial charge in [-0.1, -0.05) is 41.5 Å². The average Bonchev–Trinajstić information content (AvgIpc) is 3.95. The van der Waals surface area contributed by atoms with Crippen molar-refractivity contribution in [3.8, 4) is 0 Å². The molecule has 2 aliphatic rings. The predicted octanol–water partition coefficient (Wildman–Crippen LogP) is 8.41. The van der Waals surface area contributed by atoms with E-state index in [-0.39, 0.29) is 32.6 Å². The molecule has 0 radical (unpaired) electrons. The quantitative estimate of drug-likeness (QED) is 0.115. The third-order valence-electron chi connectivity index (χ3n) is 12.2. The highest BCUT2D eigenvalue weighted by Crippen LogP contribution is 2.34. The SMILES string of the molecule is CCC(C)(C)c1nc2cc(S(=O)(=O)Cl)ccc2n1CC1CCOCC1.CCC(C)(C)c1nc2cc(S(=O)(=O)n3ccc(C(=O)NC(C)C)c3)ccc2n1CC1CCOCC1. The second-order valence-corrected chi connectivity index (χ2v) is 22.2. The summed E-state index contributed by atoms with van der Waals surface area (Å²) in [5, 5.41) is 2.78. The Kier molecular flexibility index (Phi) is 14.0. The van der Waals surface area contributed by atoms with Gasteiger partial charge in [-0.05, 0) is 107 Å². The zero-order valence-electron chi connectivity index (χ0n) is 36.2. The standard InChI is InChI=1S/C26H36N4O4S.C18H25ClN2O3S/c1-6-26(4,5)25-28-22-15-21(7-8-23(22)30(25)16-19-10-13-34-14-11-19)35(32,33)29-12-9-20(17-29)24(31)27-18(2)3;1-4-18(2,3)17-20-15-11-14(25(19,22)23)5-6-16(15)21(17)12-13-7-9-24-10-8-13/h7-9,12,15,17-19H,6,10-11,13-14,16H2,1-5H3,(H,27,31);5-6,11,13H,4,7-10,12H2,1-3H3. The molecule has 1 N–H and O–H groups in total. The fourth-order valence-corrected chi connectivity index (χ4v) is 9.74. The van der Waals surface area contributed by atoms with Crippen LogP contribution >= 0.6 is 10.7 Å². The Balaban J connectivity index is 0.000000213. The summed E-state index contributed by atoms with van der Waals surface area (Å²) < 4.78 is 66.7. The van der Waals surface area contributed by atoms with Crippen LogP contribution in [-0.2, 0) is 52.5 Å². The van der Waals surface area contributed by atoms with Gasteiger partial charge in [0.25, 0.3) is 25.0 Å². The first-order valence-electron chi connectivity index (χ1n) is 21.1. The van der Waals surface area contributed by atoms with Crippen molar-refractivity contribution < 1.29 is 31.1 Å². The second kappa shape index (κ2) is 18.3. The molecule has 2 aliphatic heterocycles. The summed E-state index contributed by atoms with van der Waals surface area (Å²) in [6.07, 6.45) is 8.73. The van der Waals surface area contributed by atoms with Crippen molar-refractivity contribution in [2.45, 2.75) is 134 Å². The minimum atomic E-state index is -3.87. The summed E-state index contributed by atoms with van der Waals surface area (Å²) in [5.41, 5.74) is 3.32. The van der Waals surface area contributed by atoms with Gasteiger partial charge >= 0.3 is 0 Å². The first kappa shape index (κ1) is 45.8. The Bertz CT molecular complexity index is 2530. The molecule has 16 heteroatoms. The number of carbonyl (C=O) groups excluding carboxylic acids is 1. The van der Waals surface area contributed by atoms with Gasteiger partial charge in [0.2, 0.25) is 0 Å². The molecule has 328 valence electrons. The zero-order valence-corrected chi connectivity index (χ0v) is 38.6. The molecule has 5 aromatic rings. The molecule has 0 atom stereocenters. The fourth-order valence-electron chi connectivity index (χ4n) is 7.75. The summed E-state index contributed by atoms with van der Waals surface area (Å²) in [6.45, 7) is 21.6. The number of imidazole rings is 2. The van der Waals surface area contributed by atoms with E-state index in [2.05, 4.69) is 56.0 Å². The minimum absolute atomic E-state index is 0.0392. The lowest BCUT2D eigenvalue weighted by molar-refractivity contribution is 0.0609. The molecule has 2 aromatic carbocycles. The van der Waals surface area contributed by atoms with Gasteiger partial charge in [-0.2, -0.15) is 0 Å². The molecule has 0 spiro atoms. The van der Waals surface area contributed by atoms with Crippen molar-refractivity contribution in [1.29, 1.82) is 0 Å². The molecular formula is C44H61ClN6O7S2. The number of hydrogen-bond acceptors (Lipinski definition) is 9. The van der Waals surface area contributed by atoms with Crippen LogP contribution in [0.25, 0.3) is 22.1 Å². The summed E-state index contributed by atoms with van der Waals surface area (Å²) >= 11 is 0. The number of fused-ring (bicyclic) bond motifs is 2. The number of hydrogen-bond donors (Lipinski definition) is 1. The number of halogens is 1. The zero-order chi connectivity index (χ0) is 43.6. The number of rotatable bonds is 13. The second-order valence-electron chi connectivity index (χ2n) is 17.8. The van der Waals surface area contributed by atoms with Gasteiger partial charge in [-0.15, -0.1) is 0 Å². The molecule has 60 heavy (non-hydrogen) atoms. The topological polar surface area (TPSA) is 156 Å². The third kappa shape index (κ3) is 10.1. The van der Waals surface area contributed by atoms with Crippen LogP contribution in [0.2, 0.25) is 0 Å². The van der Waals surface area contributed by atoms with E-state index in [0.717, 1.165) is 105 Å². The van der Waals surface area contributed by atoms with Crippen molar-refractivity contribution in [2.24, 2.45) is 11.8 Å². The van der Waals surface area contributed by atoms with Crippen molar-refractivity contribution in [3.63, 3.8) is 0 Å². The van der Waals surface area contributed by atoms with Crippen molar-refractivity contribution in [2.75, 3.05) is 26.4 Å². The highest BCUT2D eigenvalue weighted by Gasteiger charge is 2.30. The van der Waals surface area contributed by atoms with Gasteiger partial charge in [0.05, 0.1) is 37.4 Å². The predicted molar refractivity (Wildman–Crippen MR) is 236 cm³/mol. The number of ether oxygens (including phenoxy) is 2. The molecule has 0 saturated carbocycles. The molecule has 2 saturated heterocycles. The highest BCUT2D eigenvalue weighted by molar-refractivity contribution is 8.13. The van der Waals surface area contributed by atoms with Crippen LogP contribution < -0.4 is 5.32 Å². The molecule has 2 fully saturated rings. The van der Waals surface area contributed by atoms with Gasteiger partial charge in [-0.3, -0.25) is 4.79 Å². The normalized spacial score (nSPS) is 16.4. The minimum Gasteiger partial charge on any atom is -0.381 e. The maximum absolute atomic E-state index is 13.4. The number of nitrogens with one attached hydrogen (secondary N) is 1. The molecule has 0 bridgehead atoms. The molecule has 3 aromatic heterocycles. The van der Waals surface area contributed by atoms with Crippen LogP contribution in [0.15, 0.2) is 64.6 Å². The van der Waals surface area contributed by atoms with Crippen LogP contribution in [-0.4, -0.2) is 78.3 Å². The van der Waals surface area contributed by atoms with E-state index in [9.17, 15) is 21.6 Å². The first-order chi connectivity index (χ1) is 28.2. The van der Waals surface area contributed by atoms with Gasteiger partial charge in [0, 0.05) is 79.5 Å². The van der Waals surface area contributed by atoms with E-state index < -0.39 is 19.1 Å². The molecule has 1 amide bonds. The summed E-state index contributed by atoms with van der Waals surface area (Å²) in [5.74, 6) is 2.73. The maximum Gasteiger partial charge on any atom is 0.267 e. The monoisotopic (exact) mass is 884 g/mol. The van der Waals surface area contributed by atoms with Crippen LogP contribution in [0.3, 0.4) is 0 Å². The first-order valence-corrected chi connectivity index (χ1v) is 24.9. The van der Waals surface area contributed by atoms with Crippen LogP contribution in [0.1, 0.15) is 116 Å². The van der Waals surface area contributed by atoms with Crippen molar-refractivity contribution in [3.05, 3.63) is 72.1 Å². The van der Waals surface area contributed by atoms with E-state index in [1.165, 1.54) is 18.5 Å². The Morgan fingerprint density at radius 2 is 1.22 bits per heavy atom.